The van der Waals surface area contributed by atoms with Crippen molar-refractivity contribution in [2.24, 2.45) is 11.3 Å². The van der Waals surface area contributed by atoms with E-state index >= 15 is 0 Å². The minimum Gasteiger partial charge on any atom is -0.369 e. The third-order valence-electron chi connectivity index (χ3n) is 3.92. The number of hydrogen-bond donors (Lipinski definition) is 0. The van der Waals surface area contributed by atoms with Crippen molar-refractivity contribution in [3.63, 3.8) is 0 Å². The zero-order chi connectivity index (χ0) is 13.3. The Morgan fingerprint density at radius 3 is 2.61 bits per heavy atom. The van der Waals surface area contributed by atoms with Gasteiger partial charge in [-0.25, -0.2) is 4.39 Å². The Morgan fingerprint density at radius 1 is 1.39 bits per heavy atom. The summed E-state index contributed by atoms with van der Waals surface area (Å²) in [5, 5.41) is 0.703. The topological polar surface area (TPSA) is 3.24 Å². The fourth-order valence-electron chi connectivity index (χ4n) is 2.58. The molecule has 18 heavy (non-hydrogen) atoms. The lowest BCUT2D eigenvalue weighted by Gasteiger charge is -2.27. The number of benzene rings is 1. The zero-order valence-electron chi connectivity index (χ0n) is 11.3. The van der Waals surface area contributed by atoms with Gasteiger partial charge in [0.2, 0.25) is 0 Å². The van der Waals surface area contributed by atoms with Crippen LogP contribution in [0.25, 0.3) is 0 Å². The molecule has 1 aromatic carbocycles. The second-order valence-corrected chi connectivity index (χ2v) is 6.78. The Kier molecular flexibility index (Phi) is 4.00. The SMILES string of the molecule is CC(C)(C)C1CCN(c2ccc(CBr)cc2F)C1. The molecule has 1 nitrogen and oxygen atoms in total. The zero-order valence-corrected chi connectivity index (χ0v) is 12.9. The quantitative estimate of drug-likeness (QED) is 0.722. The molecule has 0 aliphatic carbocycles. The first-order chi connectivity index (χ1) is 8.41. The molecular formula is C15H21BrFN. The van der Waals surface area contributed by atoms with Gasteiger partial charge in [-0.2, -0.15) is 0 Å². The van der Waals surface area contributed by atoms with Gasteiger partial charge < -0.3 is 4.90 Å². The maximum Gasteiger partial charge on any atom is 0.146 e. The molecule has 3 heteroatoms. The van der Waals surface area contributed by atoms with Gasteiger partial charge in [-0.1, -0.05) is 42.8 Å². The average molecular weight is 314 g/mol. The Hall–Kier alpha value is -0.570. The van der Waals surface area contributed by atoms with E-state index in [1.54, 1.807) is 6.07 Å². The van der Waals surface area contributed by atoms with Gasteiger partial charge in [0, 0.05) is 18.4 Å². The monoisotopic (exact) mass is 313 g/mol. The summed E-state index contributed by atoms with van der Waals surface area (Å²) in [6.07, 6.45) is 1.16. The van der Waals surface area contributed by atoms with Crippen molar-refractivity contribution in [1.82, 2.24) is 0 Å². The van der Waals surface area contributed by atoms with Crippen molar-refractivity contribution in [2.45, 2.75) is 32.5 Å². The molecule has 1 atom stereocenters. The lowest BCUT2D eigenvalue weighted by molar-refractivity contribution is 0.263. The van der Waals surface area contributed by atoms with Crippen molar-refractivity contribution in [2.75, 3.05) is 18.0 Å². The van der Waals surface area contributed by atoms with Crippen LogP contribution in [0.5, 0.6) is 0 Å². The third kappa shape index (κ3) is 2.87. The highest BCUT2D eigenvalue weighted by atomic mass is 79.9. The summed E-state index contributed by atoms with van der Waals surface area (Å²) in [6.45, 7) is 8.74. The van der Waals surface area contributed by atoms with Crippen LogP contribution in [0.1, 0.15) is 32.8 Å². The number of rotatable bonds is 2. The van der Waals surface area contributed by atoms with Crippen LogP contribution in [0.3, 0.4) is 0 Å². The first kappa shape index (κ1) is 13.9. The Morgan fingerprint density at radius 2 is 2.11 bits per heavy atom. The van der Waals surface area contributed by atoms with Crippen LogP contribution < -0.4 is 4.90 Å². The van der Waals surface area contributed by atoms with E-state index in [2.05, 4.69) is 41.6 Å². The van der Waals surface area contributed by atoms with Crippen molar-refractivity contribution in [3.05, 3.63) is 29.6 Å². The Bertz CT molecular complexity index is 425. The van der Waals surface area contributed by atoms with Gasteiger partial charge in [-0.05, 0) is 35.4 Å². The lowest BCUT2D eigenvalue weighted by Crippen LogP contribution is -2.26. The maximum atomic E-state index is 14.1. The maximum absolute atomic E-state index is 14.1. The largest absolute Gasteiger partial charge is 0.369 e. The van der Waals surface area contributed by atoms with Crippen LogP contribution in [-0.4, -0.2) is 13.1 Å². The molecule has 0 bridgehead atoms. The Balaban J connectivity index is 2.14. The van der Waals surface area contributed by atoms with Crippen molar-refractivity contribution < 1.29 is 4.39 Å². The molecule has 0 radical (unpaired) electrons. The fraction of sp³-hybridized carbons (Fsp3) is 0.600. The van der Waals surface area contributed by atoms with E-state index in [0.29, 0.717) is 16.7 Å². The molecule has 2 rings (SSSR count). The van der Waals surface area contributed by atoms with E-state index in [4.69, 9.17) is 0 Å². The smallest absolute Gasteiger partial charge is 0.146 e. The molecule has 0 spiro atoms. The minimum atomic E-state index is -0.0958. The summed E-state index contributed by atoms with van der Waals surface area (Å²) >= 11 is 3.36. The summed E-state index contributed by atoms with van der Waals surface area (Å²) in [5.41, 5.74) is 2.05. The summed E-state index contributed by atoms with van der Waals surface area (Å²) in [7, 11) is 0. The van der Waals surface area contributed by atoms with Crippen LogP contribution in [0.2, 0.25) is 0 Å². The molecule has 1 aliphatic rings. The van der Waals surface area contributed by atoms with E-state index in [9.17, 15) is 4.39 Å². The first-order valence-electron chi connectivity index (χ1n) is 6.51. The van der Waals surface area contributed by atoms with Crippen molar-refractivity contribution in [1.29, 1.82) is 0 Å². The number of halogens is 2. The summed E-state index contributed by atoms with van der Waals surface area (Å²) in [4.78, 5) is 2.18. The average Bonchev–Trinajstić information content (AvgIpc) is 2.77. The molecule has 1 saturated heterocycles. The highest BCUT2D eigenvalue weighted by Crippen LogP contribution is 2.36. The van der Waals surface area contributed by atoms with Crippen LogP contribution in [0.4, 0.5) is 10.1 Å². The molecular weight excluding hydrogens is 293 g/mol. The molecule has 1 aliphatic heterocycles. The van der Waals surface area contributed by atoms with E-state index in [0.717, 1.165) is 30.8 Å². The van der Waals surface area contributed by atoms with E-state index in [-0.39, 0.29) is 5.82 Å². The lowest BCUT2D eigenvalue weighted by atomic mass is 9.80. The van der Waals surface area contributed by atoms with Gasteiger partial charge in [-0.15, -0.1) is 0 Å². The normalized spacial score (nSPS) is 20.5. The molecule has 1 heterocycles. The molecule has 0 aromatic heterocycles. The summed E-state index contributed by atoms with van der Waals surface area (Å²) in [5.74, 6) is 0.550. The predicted octanol–water partition coefficient (Wildman–Crippen LogP) is 4.59. The van der Waals surface area contributed by atoms with E-state index < -0.39 is 0 Å². The van der Waals surface area contributed by atoms with Crippen molar-refractivity contribution >= 4 is 21.6 Å². The summed E-state index contributed by atoms with van der Waals surface area (Å²) in [6, 6.07) is 5.54. The van der Waals surface area contributed by atoms with Crippen LogP contribution in [0.15, 0.2) is 18.2 Å². The predicted molar refractivity (Wildman–Crippen MR) is 78.8 cm³/mol. The van der Waals surface area contributed by atoms with Gasteiger partial charge in [-0.3, -0.25) is 0 Å². The third-order valence-corrected chi connectivity index (χ3v) is 4.57. The number of anilines is 1. The summed E-state index contributed by atoms with van der Waals surface area (Å²) < 4.78 is 14.1. The van der Waals surface area contributed by atoms with E-state index in [1.165, 1.54) is 0 Å². The van der Waals surface area contributed by atoms with Gasteiger partial charge >= 0.3 is 0 Å². The number of alkyl halides is 1. The van der Waals surface area contributed by atoms with E-state index in [1.807, 2.05) is 12.1 Å². The highest BCUT2D eigenvalue weighted by Gasteiger charge is 2.32. The van der Waals surface area contributed by atoms with Crippen molar-refractivity contribution in [3.8, 4) is 0 Å². The molecule has 0 N–H and O–H groups in total. The molecule has 0 saturated carbocycles. The Labute approximate surface area is 118 Å². The molecule has 1 fully saturated rings. The van der Waals surface area contributed by atoms with Gasteiger partial charge in [0.25, 0.3) is 0 Å². The first-order valence-corrected chi connectivity index (χ1v) is 7.63. The van der Waals surface area contributed by atoms with Crippen LogP contribution in [0, 0.1) is 17.2 Å². The highest BCUT2D eigenvalue weighted by molar-refractivity contribution is 9.08. The molecule has 0 amide bonds. The standard InChI is InChI=1S/C15H21BrFN/c1-15(2,3)12-6-7-18(10-12)14-5-4-11(9-16)8-13(14)17/h4-5,8,12H,6-7,9-10H2,1-3H3. The molecule has 100 valence electrons. The fourth-order valence-corrected chi connectivity index (χ4v) is 2.92. The van der Waals surface area contributed by atoms with Gasteiger partial charge in [0.15, 0.2) is 0 Å². The number of hydrogen-bond acceptors (Lipinski definition) is 1. The van der Waals surface area contributed by atoms with Gasteiger partial charge in [0.1, 0.15) is 5.82 Å². The number of nitrogens with zero attached hydrogens (tertiary/aromatic N) is 1. The second-order valence-electron chi connectivity index (χ2n) is 6.22. The minimum absolute atomic E-state index is 0.0958. The molecule has 1 unspecified atom stereocenters. The molecule has 1 aromatic rings. The second kappa shape index (κ2) is 5.20. The van der Waals surface area contributed by atoms with Crippen LogP contribution in [-0.2, 0) is 5.33 Å². The van der Waals surface area contributed by atoms with Crippen LogP contribution >= 0.6 is 15.9 Å². The van der Waals surface area contributed by atoms with Gasteiger partial charge in [0.05, 0.1) is 5.69 Å².